The fourth-order valence-electron chi connectivity index (χ4n) is 4.18. The molecular weight excluding hydrogens is 382 g/mol. The molecule has 0 bridgehead atoms. The predicted octanol–water partition coefficient (Wildman–Crippen LogP) is 5.01. The molecule has 2 aromatic carbocycles. The van der Waals surface area contributed by atoms with Gasteiger partial charge in [0.15, 0.2) is 0 Å². The minimum Gasteiger partial charge on any atom is -0.478 e. The van der Waals surface area contributed by atoms with E-state index in [1.165, 1.54) is 6.07 Å². The van der Waals surface area contributed by atoms with Gasteiger partial charge in [-0.05, 0) is 53.7 Å². The molecule has 1 aliphatic carbocycles. The molecule has 0 unspecified atom stereocenters. The third kappa shape index (κ3) is 3.39. The van der Waals surface area contributed by atoms with Crippen molar-refractivity contribution in [3.8, 4) is 0 Å². The summed E-state index contributed by atoms with van der Waals surface area (Å²) in [4.78, 5) is 27.9. The first-order valence-electron chi connectivity index (χ1n) is 9.71. The van der Waals surface area contributed by atoms with Crippen molar-refractivity contribution < 1.29 is 14.8 Å². The van der Waals surface area contributed by atoms with E-state index in [2.05, 4.69) is 12.2 Å². The van der Waals surface area contributed by atoms with Gasteiger partial charge in [0.2, 0.25) is 0 Å². The quantitative estimate of drug-likeness (QED) is 0.469. The second kappa shape index (κ2) is 7.59. The minimum absolute atomic E-state index is 0.00590. The Balaban J connectivity index is 1.94. The minimum atomic E-state index is -0.965. The van der Waals surface area contributed by atoms with Crippen LogP contribution in [0.2, 0.25) is 0 Å². The molecule has 1 aromatic heterocycles. The highest BCUT2D eigenvalue weighted by Crippen LogP contribution is 2.39. The van der Waals surface area contributed by atoms with Gasteiger partial charge in [-0.3, -0.25) is 10.1 Å². The highest BCUT2D eigenvalue weighted by Gasteiger charge is 2.28. The van der Waals surface area contributed by atoms with Crippen LogP contribution in [0.4, 0.5) is 11.4 Å². The van der Waals surface area contributed by atoms with Gasteiger partial charge >= 0.3 is 5.97 Å². The molecule has 2 N–H and O–H groups in total. The van der Waals surface area contributed by atoms with Crippen LogP contribution < -0.4 is 5.32 Å². The summed E-state index contributed by atoms with van der Waals surface area (Å²) in [7, 11) is 1.64. The summed E-state index contributed by atoms with van der Waals surface area (Å²) in [6.45, 7) is 2.07. The van der Waals surface area contributed by atoms with Crippen molar-refractivity contribution in [1.82, 2.24) is 4.98 Å². The van der Waals surface area contributed by atoms with Gasteiger partial charge < -0.3 is 10.4 Å². The molecule has 0 amide bonds. The number of benzene rings is 2. The highest BCUT2D eigenvalue weighted by atomic mass is 16.6. The van der Waals surface area contributed by atoms with Crippen molar-refractivity contribution in [1.29, 1.82) is 0 Å². The number of hydrogen-bond acceptors (Lipinski definition) is 5. The Morgan fingerprint density at radius 1 is 1.27 bits per heavy atom. The van der Waals surface area contributed by atoms with Crippen molar-refractivity contribution in [3.63, 3.8) is 0 Å². The van der Waals surface area contributed by atoms with E-state index in [9.17, 15) is 20.0 Å². The standard InChI is InChI=1S/C23H21N3O4/c1-13-9-15(11-14-7-8-19(24-2)20(12-14)26(29)30)22-17(10-13)21(23(27)28)16-5-3-4-6-18(16)25-22/h3-8,11-13,24H,9-10H2,1-2H3,(H,27,28)/b15-11+/t13-/m1/s1. The van der Waals surface area contributed by atoms with Gasteiger partial charge in [-0.25, -0.2) is 9.78 Å². The lowest BCUT2D eigenvalue weighted by Gasteiger charge is -2.26. The lowest BCUT2D eigenvalue weighted by Crippen LogP contribution is -2.17. The summed E-state index contributed by atoms with van der Waals surface area (Å²) in [6, 6.07) is 12.3. The highest BCUT2D eigenvalue weighted by molar-refractivity contribution is 6.06. The molecule has 1 heterocycles. The topological polar surface area (TPSA) is 105 Å². The summed E-state index contributed by atoms with van der Waals surface area (Å²) in [5, 5.41) is 24.8. The second-order valence-corrected chi connectivity index (χ2v) is 7.60. The van der Waals surface area contributed by atoms with Gasteiger partial charge in [-0.1, -0.05) is 31.2 Å². The fraction of sp³-hybridized carbons (Fsp3) is 0.217. The predicted molar refractivity (Wildman–Crippen MR) is 117 cm³/mol. The van der Waals surface area contributed by atoms with Crippen LogP contribution in [0, 0.1) is 16.0 Å². The Kier molecular flexibility index (Phi) is 4.95. The van der Waals surface area contributed by atoms with E-state index in [1.54, 1.807) is 19.2 Å². The Morgan fingerprint density at radius 3 is 2.73 bits per heavy atom. The normalized spacial score (nSPS) is 17.0. The number of nitrogens with one attached hydrogen (secondary N) is 1. The molecule has 0 fully saturated rings. The van der Waals surface area contributed by atoms with E-state index in [0.29, 0.717) is 39.8 Å². The number of para-hydroxylation sites is 1. The van der Waals surface area contributed by atoms with Crippen LogP contribution in [-0.4, -0.2) is 28.0 Å². The maximum Gasteiger partial charge on any atom is 0.336 e. The van der Waals surface area contributed by atoms with Crippen molar-refractivity contribution in [2.45, 2.75) is 19.8 Å². The lowest BCUT2D eigenvalue weighted by atomic mass is 9.80. The third-order valence-corrected chi connectivity index (χ3v) is 5.46. The number of allylic oxidation sites excluding steroid dienone is 1. The van der Waals surface area contributed by atoms with Crippen LogP contribution in [0.25, 0.3) is 22.6 Å². The van der Waals surface area contributed by atoms with Gasteiger partial charge in [-0.15, -0.1) is 0 Å². The molecule has 30 heavy (non-hydrogen) atoms. The molecule has 0 saturated heterocycles. The number of aromatic carboxylic acids is 1. The number of nitrogens with zero attached hydrogens (tertiary/aromatic N) is 2. The molecule has 7 nitrogen and oxygen atoms in total. The molecule has 152 valence electrons. The Labute approximate surface area is 173 Å². The molecule has 1 aliphatic rings. The molecule has 7 heteroatoms. The first kappa shape index (κ1) is 19.6. The number of nitro benzene ring substituents is 1. The number of pyridine rings is 1. The van der Waals surface area contributed by atoms with Crippen LogP contribution in [0.5, 0.6) is 0 Å². The van der Waals surface area contributed by atoms with E-state index in [-0.39, 0.29) is 11.6 Å². The molecule has 0 spiro atoms. The fourth-order valence-corrected chi connectivity index (χ4v) is 4.18. The van der Waals surface area contributed by atoms with E-state index in [0.717, 1.165) is 17.6 Å². The number of aromatic nitrogens is 1. The van der Waals surface area contributed by atoms with Crippen molar-refractivity contribution in [2.24, 2.45) is 5.92 Å². The molecule has 0 aliphatic heterocycles. The number of hydrogen-bond donors (Lipinski definition) is 2. The van der Waals surface area contributed by atoms with Crippen molar-refractivity contribution in [2.75, 3.05) is 12.4 Å². The smallest absolute Gasteiger partial charge is 0.336 e. The summed E-state index contributed by atoms with van der Waals surface area (Å²) >= 11 is 0. The van der Waals surface area contributed by atoms with Gasteiger partial charge in [0, 0.05) is 18.5 Å². The van der Waals surface area contributed by atoms with Crippen molar-refractivity contribution >= 4 is 39.9 Å². The van der Waals surface area contributed by atoms with Crippen LogP contribution in [0.3, 0.4) is 0 Å². The van der Waals surface area contributed by atoms with Crippen molar-refractivity contribution in [3.05, 3.63) is 75.0 Å². The Hall–Kier alpha value is -3.74. The molecule has 3 aromatic rings. The Morgan fingerprint density at radius 2 is 2.03 bits per heavy atom. The monoisotopic (exact) mass is 403 g/mol. The van der Waals surface area contributed by atoms with Gasteiger partial charge in [0.05, 0.1) is 21.7 Å². The summed E-state index contributed by atoms with van der Waals surface area (Å²) in [5.41, 5.74) is 4.34. The third-order valence-electron chi connectivity index (χ3n) is 5.46. The number of rotatable bonds is 4. The molecule has 4 rings (SSSR count). The van der Waals surface area contributed by atoms with Gasteiger partial charge in [-0.2, -0.15) is 0 Å². The molecular formula is C23H21N3O4. The SMILES string of the molecule is CNc1ccc(/C=C2\C[C@@H](C)Cc3c2nc2ccccc2c3C(=O)O)cc1[N+](=O)[O-]. The lowest BCUT2D eigenvalue weighted by molar-refractivity contribution is -0.383. The zero-order chi connectivity index (χ0) is 21.4. The summed E-state index contributed by atoms with van der Waals surface area (Å²) in [5.74, 6) is -0.733. The Bertz CT molecular complexity index is 1220. The summed E-state index contributed by atoms with van der Waals surface area (Å²) < 4.78 is 0. The van der Waals surface area contributed by atoms with Crippen LogP contribution in [-0.2, 0) is 6.42 Å². The largest absolute Gasteiger partial charge is 0.478 e. The number of anilines is 1. The average Bonchev–Trinajstić information content (AvgIpc) is 2.71. The molecule has 0 radical (unpaired) electrons. The second-order valence-electron chi connectivity index (χ2n) is 7.60. The summed E-state index contributed by atoms with van der Waals surface area (Å²) in [6.07, 6.45) is 3.23. The van der Waals surface area contributed by atoms with E-state index < -0.39 is 10.9 Å². The number of carboxylic acids is 1. The van der Waals surface area contributed by atoms with E-state index >= 15 is 0 Å². The van der Waals surface area contributed by atoms with Crippen LogP contribution >= 0.6 is 0 Å². The first-order chi connectivity index (χ1) is 14.4. The zero-order valence-corrected chi connectivity index (χ0v) is 16.7. The van der Waals surface area contributed by atoms with Gasteiger partial charge in [0.1, 0.15) is 5.69 Å². The first-order valence-corrected chi connectivity index (χ1v) is 9.71. The number of carbonyl (C=O) groups is 1. The molecule has 0 saturated carbocycles. The maximum absolute atomic E-state index is 12.1. The number of fused-ring (bicyclic) bond motifs is 2. The van der Waals surface area contributed by atoms with Crippen LogP contribution in [0.1, 0.15) is 40.5 Å². The average molecular weight is 403 g/mol. The maximum atomic E-state index is 12.1. The van der Waals surface area contributed by atoms with E-state index in [1.807, 2.05) is 30.3 Å². The zero-order valence-electron chi connectivity index (χ0n) is 16.7. The van der Waals surface area contributed by atoms with Gasteiger partial charge in [0.25, 0.3) is 5.69 Å². The number of nitro groups is 1. The van der Waals surface area contributed by atoms with E-state index in [4.69, 9.17) is 4.98 Å². The molecule has 1 atom stereocenters. The number of carboxylic acid groups (broad SMARTS) is 1. The van der Waals surface area contributed by atoms with Crippen LogP contribution in [0.15, 0.2) is 42.5 Å².